The normalized spacial score (nSPS) is 15.6. The number of hydrogen-bond acceptors (Lipinski definition) is 3. The zero-order chi connectivity index (χ0) is 9.97. The first-order valence-corrected chi connectivity index (χ1v) is 5.41. The Kier molecular flexibility index (Phi) is 2.69. The molecule has 1 aromatic heterocycles. The maximum atomic E-state index is 8.74. The molecule has 4 heteroatoms. The van der Waals surface area contributed by atoms with Gasteiger partial charge in [-0.3, -0.25) is 0 Å². The molecule has 0 unspecified atom stereocenters. The first-order chi connectivity index (χ1) is 6.81. The Balaban J connectivity index is 2.28. The van der Waals surface area contributed by atoms with Crippen molar-refractivity contribution in [2.45, 2.75) is 12.8 Å². The first kappa shape index (κ1) is 9.47. The molecule has 2 rings (SSSR count). The molecule has 1 aliphatic heterocycles. The number of pyridine rings is 1. The van der Waals surface area contributed by atoms with Gasteiger partial charge in [0.1, 0.15) is 11.9 Å². The lowest BCUT2D eigenvalue weighted by Crippen LogP contribution is -2.18. The molecule has 0 amide bonds. The Hall–Kier alpha value is -1.08. The third-order valence-electron chi connectivity index (χ3n) is 2.39. The predicted octanol–water partition coefficient (Wildman–Crippen LogP) is 2.32. The molecule has 0 saturated carbocycles. The number of nitrogens with zero attached hydrogens (tertiary/aromatic N) is 3. The average molecular weight is 252 g/mol. The molecule has 0 spiro atoms. The van der Waals surface area contributed by atoms with E-state index in [0.29, 0.717) is 5.56 Å². The van der Waals surface area contributed by atoms with Crippen LogP contribution in [-0.4, -0.2) is 18.1 Å². The van der Waals surface area contributed by atoms with Crippen LogP contribution in [0.25, 0.3) is 0 Å². The minimum atomic E-state index is 0.591. The van der Waals surface area contributed by atoms with Gasteiger partial charge in [0.05, 0.1) is 5.56 Å². The number of nitriles is 1. The fourth-order valence-electron chi connectivity index (χ4n) is 1.62. The minimum Gasteiger partial charge on any atom is -0.357 e. The van der Waals surface area contributed by atoms with Crippen LogP contribution >= 0.6 is 15.9 Å². The van der Waals surface area contributed by atoms with Crippen LogP contribution in [0.1, 0.15) is 18.4 Å². The van der Waals surface area contributed by atoms with E-state index in [9.17, 15) is 0 Å². The van der Waals surface area contributed by atoms with Gasteiger partial charge in [-0.2, -0.15) is 5.26 Å². The largest absolute Gasteiger partial charge is 0.357 e. The maximum absolute atomic E-state index is 8.74. The van der Waals surface area contributed by atoms with Gasteiger partial charge in [-0.15, -0.1) is 0 Å². The van der Waals surface area contributed by atoms with E-state index in [1.807, 2.05) is 6.07 Å². The lowest BCUT2D eigenvalue weighted by Gasteiger charge is -2.16. The molecular weight excluding hydrogens is 242 g/mol. The smallest absolute Gasteiger partial charge is 0.129 e. The van der Waals surface area contributed by atoms with Crippen LogP contribution in [0.3, 0.4) is 0 Å². The summed E-state index contributed by atoms with van der Waals surface area (Å²) in [5.41, 5.74) is 0.591. The topological polar surface area (TPSA) is 39.9 Å². The van der Waals surface area contributed by atoms with E-state index in [0.717, 1.165) is 23.4 Å². The Morgan fingerprint density at radius 1 is 1.43 bits per heavy atom. The lowest BCUT2D eigenvalue weighted by atomic mass is 10.3. The molecule has 1 aromatic rings. The molecule has 0 N–H and O–H groups in total. The fourth-order valence-corrected chi connectivity index (χ4v) is 2.02. The quantitative estimate of drug-likeness (QED) is 0.770. The zero-order valence-corrected chi connectivity index (χ0v) is 9.29. The van der Waals surface area contributed by atoms with E-state index in [4.69, 9.17) is 5.26 Å². The van der Waals surface area contributed by atoms with Crippen LogP contribution in [0.4, 0.5) is 5.82 Å². The van der Waals surface area contributed by atoms with Crippen LogP contribution in [0.15, 0.2) is 16.7 Å². The molecule has 14 heavy (non-hydrogen) atoms. The summed E-state index contributed by atoms with van der Waals surface area (Å²) in [5.74, 6) is 0.966. The minimum absolute atomic E-state index is 0.591. The summed E-state index contributed by atoms with van der Waals surface area (Å²) in [7, 11) is 0. The van der Waals surface area contributed by atoms with Crippen LogP contribution in [-0.2, 0) is 0 Å². The number of anilines is 1. The Morgan fingerprint density at radius 2 is 2.14 bits per heavy atom. The molecule has 2 heterocycles. The average Bonchev–Trinajstić information content (AvgIpc) is 2.70. The summed E-state index contributed by atoms with van der Waals surface area (Å²) in [6, 6.07) is 4.01. The second-order valence-corrected chi connectivity index (χ2v) is 4.18. The molecule has 0 radical (unpaired) electrons. The van der Waals surface area contributed by atoms with Crippen LogP contribution in [0, 0.1) is 11.3 Å². The van der Waals surface area contributed by atoms with Gasteiger partial charge in [-0.25, -0.2) is 4.98 Å². The number of hydrogen-bond donors (Lipinski definition) is 0. The van der Waals surface area contributed by atoms with Crippen LogP contribution in [0.2, 0.25) is 0 Å². The molecule has 0 aliphatic carbocycles. The van der Waals surface area contributed by atoms with E-state index < -0.39 is 0 Å². The van der Waals surface area contributed by atoms with E-state index >= 15 is 0 Å². The first-order valence-electron chi connectivity index (χ1n) is 4.62. The second-order valence-electron chi connectivity index (χ2n) is 3.33. The van der Waals surface area contributed by atoms with E-state index in [1.54, 1.807) is 6.20 Å². The van der Waals surface area contributed by atoms with Crippen LogP contribution in [0.5, 0.6) is 0 Å². The van der Waals surface area contributed by atoms with E-state index in [2.05, 4.69) is 31.9 Å². The van der Waals surface area contributed by atoms with Crippen molar-refractivity contribution in [3.63, 3.8) is 0 Å². The lowest BCUT2D eigenvalue weighted by molar-refractivity contribution is 0.935. The highest BCUT2D eigenvalue weighted by Crippen LogP contribution is 2.23. The van der Waals surface area contributed by atoms with Gasteiger partial charge in [0.2, 0.25) is 0 Å². The molecule has 1 fully saturated rings. The van der Waals surface area contributed by atoms with Crippen molar-refractivity contribution in [1.82, 2.24) is 4.98 Å². The van der Waals surface area contributed by atoms with Gasteiger partial charge in [0.25, 0.3) is 0 Å². The van der Waals surface area contributed by atoms with Gasteiger partial charge in [-0.1, -0.05) is 0 Å². The van der Waals surface area contributed by atoms with Gasteiger partial charge < -0.3 is 4.90 Å². The van der Waals surface area contributed by atoms with Gasteiger partial charge in [0.15, 0.2) is 0 Å². The summed E-state index contributed by atoms with van der Waals surface area (Å²) >= 11 is 3.37. The summed E-state index contributed by atoms with van der Waals surface area (Å²) in [6.07, 6.45) is 4.09. The van der Waals surface area contributed by atoms with Crippen molar-refractivity contribution in [3.05, 3.63) is 22.3 Å². The molecule has 1 saturated heterocycles. The Labute approximate surface area is 91.5 Å². The Bertz CT molecular complexity index is 377. The summed E-state index contributed by atoms with van der Waals surface area (Å²) in [5, 5.41) is 8.74. The molecule has 0 aromatic carbocycles. The number of halogens is 1. The molecule has 0 atom stereocenters. The predicted molar refractivity (Wildman–Crippen MR) is 58.1 cm³/mol. The van der Waals surface area contributed by atoms with Crippen molar-refractivity contribution >= 4 is 21.7 Å². The van der Waals surface area contributed by atoms with Gasteiger partial charge >= 0.3 is 0 Å². The van der Waals surface area contributed by atoms with E-state index in [-0.39, 0.29) is 0 Å². The third kappa shape index (κ3) is 1.73. The highest BCUT2D eigenvalue weighted by atomic mass is 79.9. The molecular formula is C10H10BrN3. The fraction of sp³-hybridized carbons (Fsp3) is 0.400. The Morgan fingerprint density at radius 3 is 2.71 bits per heavy atom. The number of rotatable bonds is 1. The van der Waals surface area contributed by atoms with Gasteiger partial charge in [0, 0.05) is 23.8 Å². The van der Waals surface area contributed by atoms with Crippen molar-refractivity contribution in [3.8, 4) is 6.07 Å². The van der Waals surface area contributed by atoms with Crippen molar-refractivity contribution in [2.24, 2.45) is 0 Å². The highest BCUT2D eigenvalue weighted by molar-refractivity contribution is 9.10. The van der Waals surface area contributed by atoms with Crippen molar-refractivity contribution in [2.75, 3.05) is 18.0 Å². The van der Waals surface area contributed by atoms with Crippen molar-refractivity contribution in [1.29, 1.82) is 5.26 Å². The SMILES string of the molecule is N#Cc1cnc(N2CCCC2)cc1Br. The summed E-state index contributed by atoms with van der Waals surface area (Å²) < 4.78 is 0.830. The maximum Gasteiger partial charge on any atom is 0.129 e. The second kappa shape index (κ2) is 3.97. The van der Waals surface area contributed by atoms with Crippen molar-refractivity contribution < 1.29 is 0 Å². The highest BCUT2D eigenvalue weighted by Gasteiger charge is 2.14. The third-order valence-corrected chi connectivity index (χ3v) is 3.05. The summed E-state index contributed by atoms with van der Waals surface area (Å²) in [4.78, 5) is 6.51. The van der Waals surface area contributed by atoms with E-state index in [1.165, 1.54) is 12.8 Å². The summed E-state index contributed by atoms with van der Waals surface area (Å²) in [6.45, 7) is 2.15. The standard InChI is InChI=1S/C10H10BrN3/c11-9-5-10(13-7-8(9)6-12)14-3-1-2-4-14/h5,7H,1-4H2. The molecule has 72 valence electrons. The van der Waals surface area contributed by atoms with Gasteiger partial charge in [-0.05, 0) is 34.8 Å². The molecule has 3 nitrogen and oxygen atoms in total. The zero-order valence-electron chi connectivity index (χ0n) is 7.70. The molecule has 0 bridgehead atoms. The number of aromatic nitrogens is 1. The monoisotopic (exact) mass is 251 g/mol. The molecule has 1 aliphatic rings. The van der Waals surface area contributed by atoms with Crippen LogP contribution < -0.4 is 4.90 Å².